The average molecular weight is 411 g/mol. The van der Waals surface area contributed by atoms with Gasteiger partial charge in [-0.1, -0.05) is 91.0 Å². The molecule has 2 N–H and O–H groups in total. The minimum Gasteiger partial charge on any atom is -0.354 e. The first-order valence-corrected chi connectivity index (χ1v) is 11.3. The van der Waals surface area contributed by atoms with Gasteiger partial charge in [0.1, 0.15) is 0 Å². The number of hydrogen-bond acceptors (Lipinski definition) is 0. The van der Waals surface area contributed by atoms with Crippen molar-refractivity contribution < 1.29 is 0 Å². The van der Waals surface area contributed by atoms with E-state index in [1.807, 2.05) is 0 Å². The van der Waals surface area contributed by atoms with Crippen LogP contribution >= 0.6 is 0 Å². The van der Waals surface area contributed by atoms with Crippen LogP contribution in [0.15, 0.2) is 103 Å². The summed E-state index contributed by atoms with van der Waals surface area (Å²) in [5, 5.41) is 5.19. The Labute approximate surface area is 185 Å². The fourth-order valence-electron chi connectivity index (χ4n) is 5.53. The average Bonchev–Trinajstić information content (AvgIpc) is 3.43. The Hall–Kier alpha value is -4.04. The van der Waals surface area contributed by atoms with Crippen LogP contribution in [0.5, 0.6) is 0 Å². The molecule has 0 fully saturated rings. The van der Waals surface area contributed by atoms with E-state index in [1.54, 1.807) is 0 Å². The normalized spacial score (nSPS) is 16.1. The molecule has 2 heterocycles. The van der Waals surface area contributed by atoms with Crippen LogP contribution < -0.4 is 0 Å². The fourth-order valence-corrected chi connectivity index (χ4v) is 5.53. The van der Waals surface area contributed by atoms with Crippen LogP contribution in [0, 0.1) is 0 Å². The number of para-hydroxylation sites is 2. The molecule has 2 heteroatoms. The first-order chi connectivity index (χ1) is 15.9. The summed E-state index contributed by atoms with van der Waals surface area (Å²) in [5.74, 6) is 0.327. The van der Waals surface area contributed by atoms with Crippen LogP contribution in [0.1, 0.15) is 17.9 Å². The lowest BCUT2D eigenvalue weighted by atomic mass is 9.82. The smallest absolute Gasteiger partial charge is 0.0569 e. The summed E-state index contributed by atoms with van der Waals surface area (Å²) in [6, 6.07) is 28.2. The lowest BCUT2D eigenvalue weighted by molar-refractivity contribution is 0.865. The molecule has 0 aliphatic heterocycles. The third-order valence-electron chi connectivity index (χ3n) is 6.86. The number of hydrogen-bond donors (Lipinski definition) is 2. The lowest BCUT2D eigenvalue weighted by Gasteiger charge is -2.21. The molecule has 6 aromatic rings. The van der Waals surface area contributed by atoms with E-state index < -0.39 is 0 Å². The highest BCUT2D eigenvalue weighted by Gasteiger charge is 2.26. The molecule has 1 unspecified atom stereocenters. The Morgan fingerprint density at radius 1 is 0.625 bits per heavy atom. The van der Waals surface area contributed by atoms with Crippen molar-refractivity contribution in [3.63, 3.8) is 0 Å². The second-order valence-electron chi connectivity index (χ2n) is 8.65. The van der Waals surface area contributed by atoms with E-state index in [-0.39, 0.29) is 0 Å². The van der Waals surface area contributed by atoms with Crippen LogP contribution in [-0.4, -0.2) is 9.97 Å². The second kappa shape index (κ2) is 6.73. The number of rotatable bonds is 2. The van der Waals surface area contributed by atoms with Crippen LogP contribution in [0.25, 0.3) is 54.7 Å². The Morgan fingerprint density at radius 2 is 1.28 bits per heavy atom. The van der Waals surface area contributed by atoms with Crippen LogP contribution in [0.4, 0.5) is 0 Å². The van der Waals surface area contributed by atoms with E-state index in [0.717, 1.165) is 6.42 Å². The molecule has 0 spiro atoms. The quantitative estimate of drug-likeness (QED) is 0.288. The molecule has 0 saturated heterocycles. The minimum absolute atomic E-state index is 0.327. The number of benzene rings is 4. The molecule has 2 aromatic heterocycles. The highest BCUT2D eigenvalue weighted by molar-refractivity contribution is 6.29. The van der Waals surface area contributed by atoms with Crippen molar-refractivity contribution in [2.24, 2.45) is 0 Å². The maximum absolute atomic E-state index is 3.80. The standard InChI is InChI=1S/C30H22N2/c1-3-11-19(12-4-1)25-26(20-13-5-2-6-14-20)29-28(22-16-8-10-18-24(22)31-29)30-27(25)21-15-7-9-17-23(21)32-30/h1-11,13-19,31-32H,12H2. The van der Waals surface area contributed by atoms with Crippen LogP contribution in [-0.2, 0) is 0 Å². The molecule has 1 atom stereocenters. The van der Waals surface area contributed by atoms with E-state index in [9.17, 15) is 0 Å². The Balaban J connectivity index is 1.79. The van der Waals surface area contributed by atoms with Gasteiger partial charge < -0.3 is 9.97 Å². The van der Waals surface area contributed by atoms with Gasteiger partial charge in [0.15, 0.2) is 0 Å². The Bertz CT molecular complexity index is 1690. The zero-order chi connectivity index (χ0) is 21.1. The van der Waals surface area contributed by atoms with Gasteiger partial charge >= 0.3 is 0 Å². The van der Waals surface area contributed by atoms with Gasteiger partial charge in [-0.2, -0.15) is 0 Å². The molecule has 152 valence electrons. The molecule has 1 aliphatic carbocycles. The molecule has 0 bridgehead atoms. The molecule has 0 saturated carbocycles. The lowest BCUT2D eigenvalue weighted by Crippen LogP contribution is -2.01. The summed E-state index contributed by atoms with van der Waals surface area (Å²) < 4.78 is 0. The maximum atomic E-state index is 3.80. The van der Waals surface area contributed by atoms with Crippen molar-refractivity contribution in [1.82, 2.24) is 9.97 Å². The van der Waals surface area contributed by atoms with Gasteiger partial charge in [0.2, 0.25) is 0 Å². The number of allylic oxidation sites excluding steroid dienone is 4. The van der Waals surface area contributed by atoms with E-state index in [4.69, 9.17) is 0 Å². The van der Waals surface area contributed by atoms with Crippen LogP contribution in [0.2, 0.25) is 0 Å². The van der Waals surface area contributed by atoms with Crippen molar-refractivity contribution >= 4 is 43.6 Å². The summed E-state index contributed by atoms with van der Waals surface area (Å²) >= 11 is 0. The van der Waals surface area contributed by atoms with E-state index in [0.29, 0.717) is 5.92 Å². The van der Waals surface area contributed by atoms with Gasteiger partial charge in [0.25, 0.3) is 0 Å². The molecule has 4 aromatic carbocycles. The Morgan fingerprint density at radius 3 is 2.00 bits per heavy atom. The highest BCUT2D eigenvalue weighted by Crippen LogP contribution is 2.48. The van der Waals surface area contributed by atoms with Gasteiger partial charge in [0, 0.05) is 44.1 Å². The largest absolute Gasteiger partial charge is 0.354 e. The van der Waals surface area contributed by atoms with Crippen molar-refractivity contribution in [2.45, 2.75) is 12.3 Å². The van der Waals surface area contributed by atoms with Gasteiger partial charge in [0.05, 0.1) is 11.0 Å². The van der Waals surface area contributed by atoms with Crippen molar-refractivity contribution in [2.75, 3.05) is 0 Å². The van der Waals surface area contributed by atoms with Gasteiger partial charge in [-0.15, -0.1) is 0 Å². The summed E-state index contributed by atoms with van der Waals surface area (Å²) in [4.78, 5) is 7.59. The topological polar surface area (TPSA) is 31.6 Å². The predicted octanol–water partition coefficient (Wildman–Crippen LogP) is 8.22. The monoisotopic (exact) mass is 410 g/mol. The molecular weight excluding hydrogens is 388 g/mol. The first kappa shape index (κ1) is 17.6. The summed E-state index contributed by atoms with van der Waals surface area (Å²) in [6.07, 6.45) is 10.0. The second-order valence-corrected chi connectivity index (χ2v) is 8.65. The van der Waals surface area contributed by atoms with Crippen molar-refractivity contribution in [1.29, 1.82) is 0 Å². The first-order valence-electron chi connectivity index (χ1n) is 11.3. The third-order valence-corrected chi connectivity index (χ3v) is 6.86. The molecule has 0 amide bonds. The fraction of sp³-hybridized carbons (Fsp3) is 0.0667. The van der Waals surface area contributed by atoms with Gasteiger partial charge in [-0.25, -0.2) is 0 Å². The van der Waals surface area contributed by atoms with Gasteiger partial charge in [-0.05, 0) is 29.7 Å². The summed E-state index contributed by atoms with van der Waals surface area (Å²) in [5.41, 5.74) is 8.80. The molecular formula is C30H22N2. The van der Waals surface area contributed by atoms with Crippen molar-refractivity contribution in [3.8, 4) is 11.1 Å². The number of aromatic nitrogens is 2. The molecule has 7 rings (SSSR count). The van der Waals surface area contributed by atoms with Crippen LogP contribution in [0.3, 0.4) is 0 Å². The highest BCUT2D eigenvalue weighted by atomic mass is 14.8. The predicted molar refractivity (Wildman–Crippen MR) is 136 cm³/mol. The van der Waals surface area contributed by atoms with Crippen molar-refractivity contribution in [3.05, 3.63) is 109 Å². The number of nitrogens with one attached hydrogen (secondary N) is 2. The number of fused-ring (bicyclic) bond motifs is 7. The zero-order valence-electron chi connectivity index (χ0n) is 17.6. The maximum Gasteiger partial charge on any atom is 0.0569 e. The van der Waals surface area contributed by atoms with E-state index in [1.165, 1.54) is 60.3 Å². The van der Waals surface area contributed by atoms with E-state index >= 15 is 0 Å². The summed E-state index contributed by atoms with van der Waals surface area (Å²) in [6.45, 7) is 0. The number of aromatic amines is 2. The number of H-pyrrole nitrogens is 2. The molecule has 0 radical (unpaired) electrons. The minimum atomic E-state index is 0.327. The SMILES string of the molecule is C1=CCC(c2c(-c3ccccc3)c3[nH]c4ccccc4c3c3[nH]c4ccccc4c23)C=C1. The summed E-state index contributed by atoms with van der Waals surface area (Å²) in [7, 11) is 0. The zero-order valence-corrected chi connectivity index (χ0v) is 17.6. The van der Waals surface area contributed by atoms with Gasteiger partial charge in [-0.3, -0.25) is 0 Å². The third kappa shape index (κ3) is 2.41. The molecule has 32 heavy (non-hydrogen) atoms. The molecule has 1 aliphatic rings. The Kier molecular flexibility index (Phi) is 3.71. The molecule has 2 nitrogen and oxygen atoms in total. The van der Waals surface area contributed by atoms with E-state index in [2.05, 4.69) is 113 Å².